The van der Waals surface area contributed by atoms with Crippen LogP contribution in [0.2, 0.25) is 0 Å². The molecule has 0 aromatic carbocycles. The summed E-state index contributed by atoms with van der Waals surface area (Å²) in [5, 5.41) is 22.1. The van der Waals surface area contributed by atoms with Crippen molar-refractivity contribution in [1.82, 2.24) is 25.5 Å². The van der Waals surface area contributed by atoms with Gasteiger partial charge in [0.25, 0.3) is 0 Å². The highest BCUT2D eigenvalue weighted by Gasteiger charge is 2.28. The van der Waals surface area contributed by atoms with Crippen molar-refractivity contribution in [3.05, 3.63) is 4.77 Å². The smallest absolute Gasteiger partial charge is 0.320 e. The number of nitrogens with one attached hydrogen (secondary N) is 2. The van der Waals surface area contributed by atoms with E-state index in [1.165, 1.54) is 0 Å². The van der Waals surface area contributed by atoms with E-state index >= 15 is 0 Å². The number of H-pyrrole nitrogens is 1. The molecule has 0 saturated carbocycles. The summed E-state index contributed by atoms with van der Waals surface area (Å²) in [5.41, 5.74) is 0. The Hall–Kier alpha value is -1.28. The number of tetrazole rings is 1. The average Bonchev–Trinajstić information content (AvgIpc) is 2.65. The molecule has 0 radical (unpaired) electrons. The molecule has 2 atom stereocenters. The number of piperidine rings is 1. The summed E-state index contributed by atoms with van der Waals surface area (Å²) in [6.45, 7) is 0.655. The van der Waals surface area contributed by atoms with Crippen LogP contribution in [0.4, 0.5) is 0 Å². The zero-order valence-electron chi connectivity index (χ0n) is 7.88. The van der Waals surface area contributed by atoms with Crippen LogP contribution >= 0.6 is 12.2 Å². The summed E-state index contributed by atoms with van der Waals surface area (Å²) in [6.07, 6.45) is 1.31. The van der Waals surface area contributed by atoms with Gasteiger partial charge in [-0.3, -0.25) is 9.89 Å². The van der Waals surface area contributed by atoms with Crippen molar-refractivity contribution in [3.8, 4) is 0 Å². The number of aliphatic carboxylic acids is 1. The molecule has 1 aromatic rings. The van der Waals surface area contributed by atoms with Crippen molar-refractivity contribution in [2.75, 3.05) is 6.54 Å². The van der Waals surface area contributed by atoms with E-state index in [1.54, 1.807) is 4.80 Å². The van der Waals surface area contributed by atoms with E-state index in [0.29, 0.717) is 17.7 Å². The number of aromatic amines is 1. The number of nitrogens with zero attached hydrogens (tertiary/aromatic N) is 3. The zero-order valence-corrected chi connectivity index (χ0v) is 8.70. The zero-order chi connectivity index (χ0) is 10.8. The minimum Gasteiger partial charge on any atom is -0.480 e. The molecule has 3 N–H and O–H groups in total. The van der Waals surface area contributed by atoms with Crippen molar-refractivity contribution < 1.29 is 9.90 Å². The van der Waals surface area contributed by atoms with Crippen LogP contribution < -0.4 is 5.32 Å². The van der Waals surface area contributed by atoms with Gasteiger partial charge >= 0.3 is 5.97 Å². The van der Waals surface area contributed by atoms with Crippen LogP contribution in [0.3, 0.4) is 0 Å². The normalized spacial score (nSPS) is 26.4. The SMILES string of the molecule is O=C(O)C1CC(n2nnc(=S)[nH]2)CCN1. The Labute approximate surface area is 90.5 Å². The summed E-state index contributed by atoms with van der Waals surface area (Å²) in [4.78, 5) is 12.3. The molecule has 1 saturated heterocycles. The largest absolute Gasteiger partial charge is 0.480 e. The minimum atomic E-state index is -0.835. The van der Waals surface area contributed by atoms with Crippen LogP contribution in [-0.2, 0) is 4.79 Å². The van der Waals surface area contributed by atoms with Crippen LogP contribution in [0.15, 0.2) is 0 Å². The van der Waals surface area contributed by atoms with Gasteiger partial charge in [-0.15, -0.1) is 0 Å². The summed E-state index contributed by atoms with van der Waals surface area (Å²) >= 11 is 4.80. The molecule has 1 fully saturated rings. The lowest BCUT2D eigenvalue weighted by atomic mass is 10.0. The predicted molar refractivity (Wildman–Crippen MR) is 52.9 cm³/mol. The van der Waals surface area contributed by atoms with Crippen molar-refractivity contribution in [2.24, 2.45) is 0 Å². The quantitative estimate of drug-likeness (QED) is 0.603. The second-order valence-electron chi connectivity index (χ2n) is 3.47. The summed E-state index contributed by atoms with van der Waals surface area (Å²) in [6, 6.07) is -0.494. The van der Waals surface area contributed by atoms with Crippen molar-refractivity contribution in [1.29, 1.82) is 0 Å². The minimum absolute atomic E-state index is 0.0246. The Kier molecular flexibility index (Phi) is 2.78. The average molecular weight is 229 g/mol. The molecule has 0 amide bonds. The lowest BCUT2D eigenvalue weighted by Gasteiger charge is -2.26. The third kappa shape index (κ3) is 2.21. The molecule has 15 heavy (non-hydrogen) atoms. The first-order valence-corrected chi connectivity index (χ1v) is 5.05. The number of rotatable bonds is 2. The second-order valence-corrected chi connectivity index (χ2v) is 3.86. The van der Waals surface area contributed by atoms with E-state index in [1.807, 2.05) is 0 Å². The molecule has 1 aliphatic rings. The van der Waals surface area contributed by atoms with E-state index in [2.05, 4.69) is 20.7 Å². The number of carboxylic acids is 1. The molecule has 1 aliphatic heterocycles. The van der Waals surface area contributed by atoms with Gasteiger partial charge in [-0.1, -0.05) is 5.10 Å². The van der Waals surface area contributed by atoms with E-state index in [0.717, 1.165) is 6.42 Å². The van der Waals surface area contributed by atoms with Gasteiger partial charge in [0, 0.05) is 0 Å². The predicted octanol–water partition coefficient (Wildman–Crippen LogP) is -0.287. The van der Waals surface area contributed by atoms with E-state index in [9.17, 15) is 4.79 Å². The Morgan fingerprint density at radius 1 is 1.67 bits per heavy atom. The first-order chi connectivity index (χ1) is 7.16. The van der Waals surface area contributed by atoms with Gasteiger partial charge in [0.2, 0.25) is 4.77 Å². The van der Waals surface area contributed by atoms with Crippen molar-refractivity contribution in [2.45, 2.75) is 24.9 Å². The number of hydrogen-bond donors (Lipinski definition) is 3. The lowest BCUT2D eigenvalue weighted by Crippen LogP contribution is -2.44. The van der Waals surface area contributed by atoms with Crippen molar-refractivity contribution >= 4 is 18.2 Å². The number of carboxylic acid groups (broad SMARTS) is 1. The van der Waals surface area contributed by atoms with Crippen LogP contribution in [-0.4, -0.2) is 43.9 Å². The lowest BCUT2D eigenvalue weighted by molar-refractivity contribution is -0.140. The molecule has 0 aliphatic carbocycles. The first-order valence-electron chi connectivity index (χ1n) is 4.64. The van der Waals surface area contributed by atoms with Crippen LogP contribution in [0, 0.1) is 4.77 Å². The van der Waals surface area contributed by atoms with Crippen LogP contribution in [0.5, 0.6) is 0 Å². The summed E-state index contributed by atoms with van der Waals surface area (Å²) in [7, 11) is 0. The standard InChI is InChI=1S/C7H11N5O2S/c13-6(14)5-3-4(1-2-8-5)12-10-7(15)9-11-12/h4-5,8H,1-3H2,(H,10,15)(H,13,14). The van der Waals surface area contributed by atoms with Crippen LogP contribution in [0.1, 0.15) is 18.9 Å². The van der Waals surface area contributed by atoms with Gasteiger partial charge < -0.3 is 10.4 Å². The Balaban J connectivity index is 2.10. The van der Waals surface area contributed by atoms with Gasteiger partial charge in [0.1, 0.15) is 6.04 Å². The molecule has 7 nitrogen and oxygen atoms in total. The van der Waals surface area contributed by atoms with Gasteiger partial charge in [0.05, 0.1) is 6.04 Å². The fourth-order valence-corrected chi connectivity index (χ4v) is 1.83. The molecule has 2 unspecified atom stereocenters. The molecule has 0 spiro atoms. The number of aromatic nitrogens is 4. The third-order valence-electron chi connectivity index (χ3n) is 2.46. The Bertz CT molecular complexity index is 414. The highest BCUT2D eigenvalue weighted by atomic mass is 32.1. The fraction of sp³-hybridized carbons (Fsp3) is 0.714. The molecule has 2 rings (SSSR count). The molecular formula is C7H11N5O2S. The maximum Gasteiger partial charge on any atom is 0.320 e. The van der Waals surface area contributed by atoms with E-state index in [-0.39, 0.29) is 6.04 Å². The third-order valence-corrected chi connectivity index (χ3v) is 2.64. The fourth-order valence-electron chi connectivity index (χ4n) is 1.70. The van der Waals surface area contributed by atoms with Gasteiger partial charge in [-0.05, 0) is 36.8 Å². The maximum atomic E-state index is 10.8. The number of carbonyl (C=O) groups is 1. The molecule has 2 heterocycles. The van der Waals surface area contributed by atoms with Gasteiger partial charge in [-0.25, -0.2) is 0 Å². The maximum absolute atomic E-state index is 10.8. The highest BCUT2D eigenvalue weighted by molar-refractivity contribution is 7.71. The Morgan fingerprint density at radius 3 is 3.07 bits per heavy atom. The van der Waals surface area contributed by atoms with Crippen molar-refractivity contribution in [3.63, 3.8) is 0 Å². The molecule has 82 valence electrons. The first kappa shape index (κ1) is 10.2. The second kappa shape index (κ2) is 4.07. The van der Waals surface area contributed by atoms with Gasteiger partial charge in [0.15, 0.2) is 0 Å². The number of hydrogen-bond acceptors (Lipinski definition) is 5. The van der Waals surface area contributed by atoms with Crippen LogP contribution in [0.25, 0.3) is 0 Å². The molecule has 8 heteroatoms. The topological polar surface area (TPSA) is 95.8 Å². The van der Waals surface area contributed by atoms with E-state index < -0.39 is 12.0 Å². The Morgan fingerprint density at radius 2 is 2.47 bits per heavy atom. The molecule has 0 bridgehead atoms. The molecule has 1 aromatic heterocycles. The highest BCUT2D eigenvalue weighted by Crippen LogP contribution is 2.19. The summed E-state index contributed by atoms with van der Waals surface area (Å²) in [5.74, 6) is -0.835. The van der Waals surface area contributed by atoms with Gasteiger partial charge in [-0.2, -0.15) is 4.80 Å². The monoisotopic (exact) mass is 229 g/mol. The molecular weight excluding hydrogens is 218 g/mol. The van der Waals surface area contributed by atoms with E-state index in [4.69, 9.17) is 17.3 Å². The summed E-state index contributed by atoms with van der Waals surface area (Å²) < 4.78 is 0.320.